The van der Waals surface area contributed by atoms with Gasteiger partial charge in [-0.1, -0.05) is 32.0 Å². The van der Waals surface area contributed by atoms with Crippen LogP contribution in [0.1, 0.15) is 50.2 Å². The number of ether oxygens (including phenoxy) is 3. The smallest absolute Gasteiger partial charge is 0.242 e. The molecule has 0 spiro atoms. The molecule has 0 unspecified atom stereocenters. The Morgan fingerprint density at radius 3 is 2.46 bits per heavy atom. The molecule has 2 atom stereocenters. The summed E-state index contributed by atoms with van der Waals surface area (Å²) >= 11 is 0. The number of aromatic amines is 1. The number of aromatic nitrogens is 2. The van der Waals surface area contributed by atoms with Crippen molar-refractivity contribution in [1.29, 1.82) is 0 Å². The van der Waals surface area contributed by atoms with Crippen molar-refractivity contribution in [2.45, 2.75) is 52.1 Å². The van der Waals surface area contributed by atoms with Crippen LogP contribution in [0.15, 0.2) is 53.3 Å². The van der Waals surface area contributed by atoms with Crippen molar-refractivity contribution >= 4 is 28.5 Å². The minimum atomic E-state index is -0.678. The van der Waals surface area contributed by atoms with Crippen LogP contribution in [0, 0.1) is 5.92 Å². The van der Waals surface area contributed by atoms with Crippen LogP contribution in [0.2, 0.25) is 0 Å². The number of aryl methyl sites for hydroxylation is 1. The first-order chi connectivity index (χ1) is 22.1. The number of hydrogen-bond acceptors (Lipinski definition) is 8. The molecule has 1 aromatic heterocycles. The van der Waals surface area contributed by atoms with E-state index < -0.39 is 12.1 Å². The second-order valence-electron chi connectivity index (χ2n) is 11.7. The molecule has 1 heterocycles. The number of anilines is 1. The fourth-order valence-electron chi connectivity index (χ4n) is 6.07. The predicted octanol–water partition coefficient (Wildman–Crippen LogP) is 4.53. The van der Waals surface area contributed by atoms with Crippen LogP contribution in [-0.2, 0) is 22.4 Å². The lowest BCUT2D eigenvalue weighted by molar-refractivity contribution is -0.122. The second-order valence-corrected chi connectivity index (χ2v) is 11.7. The highest BCUT2D eigenvalue weighted by molar-refractivity contribution is 5.86. The van der Waals surface area contributed by atoms with Gasteiger partial charge in [0, 0.05) is 25.5 Å². The number of para-hydroxylation sites is 2. The van der Waals surface area contributed by atoms with Gasteiger partial charge in [-0.3, -0.25) is 14.4 Å². The van der Waals surface area contributed by atoms with E-state index in [1.165, 1.54) is 6.92 Å². The van der Waals surface area contributed by atoms with Gasteiger partial charge in [0.1, 0.15) is 11.9 Å². The Kier molecular flexibility index (Phi) is 9.79. The van der Waals surface area contributed by atoms with E-state index in [4.69, 9.17) is 14.2 Å². The summed E-state index contributed by atoms with van der Waals surface area (Å²) in [5.74, 6) is 1.65. The largest absolute Gasteiger partial charge is 0.493 e. The van der Waals surface area contributed by atoms with Crippen molar-refractivity contribution < 1.29 is 23.8 Å². The number of rotatable bonds is 11. The number of methoxy groups -OCH3 is 3. The summed E-state index contributed by atoms with van der Waals surface area (Å²) in [4.78, 5) is 47.3. The molecule has 2 amide bonds. The Morgan fingerprint density at radius 2 is 1.78 bits per heavy atom. The molecule has 0 radical (unpaired) electrons. The van der Waals surface area contributed by atoms with Crippen LogP contribution in [0.4, 0.5) is 5.69 Å². The molecule has 0 saturated heterocycles. The fourth-order valence-corrected chi connectivity index (χ4v) is 6.07. The van der Waals surface area contributed by atoms with Crippen LogP contribution in [0.25, 0.3) is 22.2 Å². The maximum atomic E-state index is 13.8. The highest BCUT2D eigenvalue weighted by Crippen LogP contribution is 2.50. The van der Waals surface area contributed by atoms with E-state index in [1.807, 2.05) is 50.2 Å². The lowest BCUT2D eigenvalue weighted by Gasteiger charge is -2.22. The Bertz CT molecular complexity index is 1780. The van der Waals surface area contributed by atoms with Gasteiger partial charge in [0.2, 0.25) is 23.0 Å². The molecule has 0 fully saturated rings. The number of nitrogens with zero attached hydrogens (tertiary/aromatic N) is 1. The van der Waals surface area contributed by atoms with E-state index in [0.29, 0.717) is 54.2 Å². The summed E-state index contributed by atoms with van der Waals surface area (Å²) < 4.78 is 17.1. The van der Waals surface area contributed by atoms with Crippen LogP contribution in [-0.4, -0.2) is 55.7 Å². The highest BCUT2D eigenvalue weighted by Gasteiger charge is 2.30. The molecule has 242 valence electrons. The lowest BCUT2D eigenvalue weighted by Crippen LogP contribution is -2.44. The van der Waals surface area contributed by atoms with Gasteiger partial charge < -0.3 is 35.1 Å². The first kappa shape index (κ1) is 32.3. The van der Waals surface area contributed by atoms with Crippen molar-refractivity contribution in [3.63, 3.8) is 0 Å². The normalized spacial score (nSPS) is 14.5. The summed E-state index contributed by atoms with van der Waals surface area (Å²) in [7, 11) is 4.67. The molecule has 5 rings (SSSR count). The molecule has 3 aromatic carbocycles. The van der Waals surface area contributed by atoms with Gasteiger partial charge in [0.25, 0.3) is 0 Å². The van der Waals surface area contributed by atoms with Gasteiger partial charge >= 0.3 is 0 Å². The van der Waals surface area contributed by atoms with Gasteiger partial charge in [-0.05, 0) is 65.8 Å². The molecule has 0 saturated carbocycles. The molecule has 0 aliphatic heterocycles. The number of nitrogens with one attached hydrogen (secondary N) is 4. The van der Waals surface area contributed by atoms with Gasteiger partial charge in [0.05, 0.1) is 44.1 Å². The predicted molar refractivity (Wildman–Crippen MR) is 178 cm³/mol. The second kappa shape index (κ2) is 13.9. The van der Waals surface area contributed by atoms with Crippen molar-refractivity contribution in [2.75, 3.05) is 33.2 Å². The lowest BCUT2D eigenvalue weighted by atomic mass is 9.95. The minimum absolute atomic E-state index is 0.126. The van der Waals surface area contributed by atoms with Crippen LogP contribution < -0.4 is 35.6 Å². The van der Waals surface area contributed by atoms with Crippen LogP contribution in [0.5, 0.6) is 17.2 Å². The third-order valence-electron chi connectivity index (χ3n) is 8.28. The topological polar surface area (TPSA) is 144 Å². The SMILES string of the molecule is COc1cc2c(c(OC)c1OC)-c1ccc(N[C@H](C(=O)NCCc3nc4ccccc4[nH]3)C(C)C)c(=O)cc1[C@@H](NC(C)=O)CC2. The number of hydrogen-bond donors (Lipinski definition) is 4. The van der Waals surface area contributed by atoms with Crippen LogP contribution in [0.3, 0.4) is 0 Å². The van der Waals surface area contributed by atoms with E-state index in [9.17, 15) is 14.4 Å². The van der Waals surface area contributed by atoms with E-state index in [0.717, 1.165) is 28.0 Å². The average molecular weight is 628 g/mol. The first-order valence-corrected chi connectivity index (χ1v) is 15.4. The zero-order valence-electron chi connectivity index (χ0n) is 27.1. The minimum Gasteiger partial charge on any atom is -0.493 e. The Hall–Kier alpha value is -5.06. The summed E-state index contributed by atoms with van der Waals surface area (Å²) in [6.45, 7) is 5.68. The standard InChI is InChI=1S/C35H41N5O6/c1-19(2)32(35(43)36-16-15-30-38-25-9-7-8-10-26(25)39-30)40-27-14-12-22-23(18-28(27)42)24(37-20(3)41)13-11-21-17-29(44-4)33(45-5)34(46-6)31(21)22/h7-10,12,14,17-19,24,32H,11,13,15-16H2,1-6H3,(H,36,43)(H,37,41)(H,38,39)(H,40,42)/t24-,32-/m0/s1. The van der Waals surface area contributed by atoms with E-state index in [2.05, 4.69) is 25.9 Å². The quantitative estimate of drug-likeness (QED) is 0.190. The molecule has 11 nitrogen and oxygen atoms in total. The van der Waals surface area contributed by atoms with Crippen molar-refractivity contribution in [1.82, 2.24) is 20.6 Å². The molecule has 4 aromatic rings. The Labute approximate surface area is 268 Å². The molecule has 0 bridgehead atoms. The van der Waals surface area contributed by atoms with Gasteiger partial charge in [-0.15, -0.1) is 0 Å². The number of benzene rings is 2. The number of H-pyrrole nitrogens is 1. The summed E-state index contributed by atoms with van der Waals surface area (Å²) in [6.07, 6.45) is 1.68. The van der Waals surface area contributed by atoms with Crippen molar-refractivity contribution in [3.05, 3.63) is 75.7 Å². The van der Waals surface area contributed by atoms with Gasteiger partial charge in [0.15, 0.2) is 11.5 Å². The van der Waals surface area contributed by atoms with E-state index >= 15 is 0 Å². The van der Waals surface area contributed by atoms with Crippen molar-refractivity contribution in [2.24, 2.45) is 5.92 Å². The van der Waals surface area contributed by atoms with Crippen LogP contribution >= 0.6 is 0 Å². The van der Waals surface area contributed by atoms with E-state index in [-0.39, 0.29) is 28.8 Å². The monoisotopic (exact) mass is 627 g/mol. The molecule has 46 heavy (non-hydrogen) atoms. The number of carbonyl (C=O) groups excluding carboxylic acids is 2. The number of fused-ring (bicyclic) bond motifs is 4. The zero-order chi connectivity index (χ0) is 33.0. The zero-order valence-corrected chi connectivity index (χ0v) is 27.1. The Morgan fingerprint density at radius 1 is 1.02 bits per heavy atom. The van der Waals surface area contributed by atoms with Gasteiger partial charge in [-0.2, -0.15) is 0 Å². The van der Waals surface area contributed by atoms with Gasteiger partial charge in [-0.25, -0.2) is 4.98 Å². The molecular weight excluding hydrogens is 586 g/mol. The highest BCUT2D eigenvalue weighted by atomic mass is 16.5. The summed E-state index contributed by atoms with van der Waals surface area (Å²) in [5, 5.41) is 9.22. The molecular formula is C35H41N5O6. The summed E-state index contributed by atoms with van der Waals surface area (Å²) in [5.41, 5.74) is 4.83. The number of amides is 2. The fraction of sp³-hybridized carbons (Fsp3) is 0.371. The first-order valence-electron chi connectivity index (χ1n) is 15.4. The maximum absolute atomic E-state index is 13.8. The van der Waals surface area contributed by atoms with E-state index in [1.54, 1.807) is 33.5 Å². The summed E-state index contributed by atoms with van der Waals surface area (Å²) in [6, 6.07) is 13.6. The third-order valence-corrected chi connectivity index (χ3v) is 8.28. The third kappa shape index (κ3) is 6.63. The van der Waals surface area contributed by atoms with Crippen molar-refractivity contribution in [3.8, 4) is 28.4 Å². The molecule has 4 N–H and O–H groups in total. The molecule has 11 heteroatoms. The molecule has 1 aliphatic carbocycles. The number of imidazole rings is 1. The Balaban J connectivity index is 1.48. The number of carbonyl (C=O) groups is 2. The average Bonchev–Trinajstić information content (AvgIpc) is 3.31. The molecule has 1 aliphatic rings. The maximum Gasteiger partial charge on any atom is 0.242 e.